The number of imidazole rings is 1. The van der Waals surface area contributed by atoms with E-state index in [0.29, 0.717) is 5.76 Å². The molecule has 0 unspecified atom stereocenters. The Bertz CT molecular complexity index is 1790. The van der Waals surface area contributed by atoms with E-state index in [1.165, 1.54) is 0 Å². The average Bonchev–Trinajstić information content (AvgIpc) is 3.34. The lowest BCUT2D eigenvalue weighted by Gasteiger charge is -2.15. The van der Waals surface area contributed by atoms with Crippen LogP contribution in [0.4, 0.5) is 0 Å². The van der Waals surface area contributed by atoms with Gasteiger partial charge < -0.3 is 9.31 Å². The largest absolute Gasteiger partial charge is 0.563 e. The number of para-hydroxylation sites is 3. The van der Waals surface area contributed by atoms with Gasteiger partial charge in [0.2, 0.25) is 0 Å². The van der Waals surface area contributed by atoms with Gasteiger partial charge in [0, 0.05) is 16.2 Å². The highest BCUT2D eigenvalue weighted by Crippen LogP contribution is 2.34. The molecule has 33 heavy (non-hydrogen) atoms. The number of hydrogen-bond donors (Lipinski definition) is 0. The lowest BCUT2D eigenvalue weighted by atomic mass is 9.78. The van der Waals surface area contributed by atoms with Gasteiger partial charge in [-0.15, -0.1) is 0 Å². The van der Waals surface area contributed by atoms with Gasteiger partial charge in [-0.25, -0.2) is 9.97 Å². The van der Waals surface area contributed by atoms with Crippen molar-refractivity contribution in [1.82, 2.24) is 14.4 Å². The van der Waals surface area contributed by atoms with Crippen molar-refractivity contribution in [2.75, 3.05) is 0 Å². The van der Waals surface area contributed by atoms with E-state index in [9.17, 15) is 0 Å². The minimum atomic E-state index is -0.527. The fourth-order valence-electron chi connectivity index (χ4n) is 4.79. The Labute approximate surface area is 190 Å². The van der Waals surface area contributed by atoms with Crippen molar-refractivity contribution in [3.05, 3.63) is 85.1 Å². The molecular weight excluding hydrogens is 409 g/mol. The van der Waals surface area contributed by atoms with E-state index in [2.05, 4.69) is 53.4 Å². The van der Waals surface area contributed by atoms with Crippen molar-refractivity contribution in [3.8, 4) is 0 Å². The number of nitrogens with zero attached hydrogens (tertiary/aromatic N) is 3. The second-order valence-corrected chi connectivity index (χ2v) is 9.11. The molecule has 1 aliphatic heterocycles. The third-order valence-electron chi connectivity index (χ3n) is 6.64. The van der Waals surface area contributed by atoms with Crippen LogP contribution >= 0.6 is 0 Å². The molecule has 0 aliphatic carbocycles. The van der Waals surface area contributed by atoms with Crippen LogP contribution in [-0.4, -0.2) is 27.1 Å². The van der Waals surface area contributed by atoms with Crippen LogP contribution in [0.15, 0.2) is 85.1 Å². The molecule has 158 valence electrons. The highest BCUT2D eigenvalue weighted by Gasteiger charge is 2.42. The maximum Gasteiger partial charge on any atom is 0.563 e. The molecule has 3 aromatic heterocycles. The fourth-order valence-corrected chi connectivity index (χ4v) is 4.79. The van der Waals surface area contributed by atoms with Gasteiger partial charge in [-0.2, -0.15) is 0 Å². The van der Waals surface area contributed by atoms with Crippen molar-refractivity contribution in [2.24, 2.45) is 0 Å². The van der Waals surface area contributed by atoms with Crippen LogP contribution in [0.1, 0.15) is 13.8 Å². The summed E-state index contributed by atoms with van der Waals surface area (Å²) in [5.74, 6) is 0.637. The monoisotopic (exact) mass is 429 g/mol. The van der Waals surface area contributed by atoms with Crippen LogP contribution in [0.2, 0.25) is 0 Å². The summed E-state index contributed by atoms with van der Waals surface area (Å²) < 4.78 is 14.4. The van der Waals surface area contributed by atoms with E-state index in [-0.39, 0.29) is 0 Å². The molecule has 0 radical (unpaired) electrons. The second-order valence-electron chi connectivity index (χ2n) is 9.11. The summed E-state index contributed by atoms with van der Waals surface area (Å²) in [6.45, 7) is 7.97. The van der Waals surface area contributed by atoms with Crippen LogP contribution < -0.4 is 5.46 Å². The molecule has 7 rings (SSSR count). The van der Waals surface area contributed by atoms with E-state index in [0.717, 1.165) is 54.9 Å². The quantitative estimate of drug-likeness (QED) is 0.200. The highest BCUT2D eigenvalue weighted by atomic mass is 16.7. The molecule has 0 amide bonds. The summed E-state index contributed by atoms with van der Waals surface area (Å²) >= 11 is 0. The number of benzene rings is 3. The van der Waals surface area contributed by atoms with E-state index >= 15 is 0 Å². The average molecular weight is 429 g/mol. The smallest absolute Gasteiger partial charge is 0.534 e. The highest BCUT2D eigenvalue weighted by molar-refractivity contribution is 6.62. The molecule has 1 fully saturated rings. The topological polar surface area (TPSA) is 48.7 Å². The van der Waals surface area contributed by atoms with Gasteiger partial charge >= 0.3 is 7.12 Å². The lowest BCUT2D eigenvalue weighted by molar-refractivity contribution is 0.173. The second kappa shape index (κ2) is 6.33. The predicted octanol–water partition coefficient (Wildman–Crippen LogP) is 5.38. The molecule has 0 bridgehead atoms. The summed E-state index contributed by atoms with van der Waals surface area (Å²) in [5, 5.41) is 3.15. The van der Waals surface area contributed by atoms with Crippen molar-refractivity contribution in [2.45, 2.75) is 19.4 Å². The molecule has 1 saturated heterocycles. The van der Waals surface area contributed by atoms with E-state index < -0.39 is 12.7 Å². The molecule has 3 aromatic carbocycles. The Morgan fingerprint density at radius 3 is 2.45 bits per heavy atom. The molecule has 5 nitrogen and oxygen atoms in total. The Morgan fingerprint density at radius 2 is 1.64 bits per heavy atom. The van der Waals surface area contributed by atoms with Gasteiger partial charge in [0.05, 0.1) is 33.3 Å². The number of aromatic nitrogens is 3. The third kappa shape index (κ3) is 2.58. The van der Waals surface area contributed by atoms with Gasteiger partial charge in [0.25, 0.3) is 0 Å². The van der Waals surface area contributed by atoms with Crippen molar-refractivity contribution in [1.29, 1.82) is 0 Å². The summed E-state index contributed by atoms with van der Waals surface area (Å²) in [5.41, 5.74) is 6.29. The maximum atomic E-state index is 6.16. The maximum absolute atomic E-state index is 6.16. The first-order valence-electron chi connectivity index (χ1n) is 11.1. The standard InChI is InChI=1S/C27H20BN3O2/c1-16-27(2,3)33-28(32-16)18-12-13-23-19(15-18)25-20(14-17-8-4-5-9-21(17)29-25)26-30-22-10-6-7-11-24(22)31(23)26/h4-15H,1H2,2-3H3. The summed E-state index contributed by atoms with van der Waals surface area (Å²) in [6, 6.07) is 24.9. The predicted molar refractivity (Wildman–Crippen MR) is 134 cm³/mol. The van der Waals surface area contributed by atoms with Gasteiger partial charge in [-0.3, -0.25) is 4.40 Å². The molecule has 6 aromatic rings. The zero-order chi connectivity index (χ0) is 22.3. The first-order chi connectivity index (χ1) is 16.0. The molecule has 0 atom stereocenters. The first kappa shape index (κ1) is 18.7. The molecule has 0 spiro atoms. The normalized spacial score (nSPS) is 15.9. The number of rotatable bonds is 1. The summed E-state index contributed by atoms with van der Waals surface area (Å²) in [6.07, 6.45) is 0. The van der Waals surface area contributed by atoms with Crippen LogP contribution in [-0.2, 0) is 9.31 Å². The van der Waals surface area contributed by atoms with E-state index in [1.54, 1.807) is 0 Å². The Morgan fingerprint density at radius 1 is 0.848 bits per heavy atom. The Hall–Kier alpha value is -3.90. The summed E-state index contributed by atoms with van der Waals surface area (Å²) in [4.78, 5) is 10.1. The molecule has 0 N–H and O–H groups in total. The van der Waals surface area contributed by atoms with Gasteiger partial charge in [0.1, 0.15) is 11.2 Å². The van der Waals surface area contributed by atoms with Crippen molar-refractivity contribution >= 4 is 62.0 Å². The minimum Gasteiger partial charge on any atom is -0.534 e. The molecule has 0 saturated carbocycles. The van der Waals surface area contributed by atoms with Gasteiger partial charge in [0.15, 0.2) is 0 Å². The molecule has 6 heteroatoms. The molecular formula is C27H20BN3O2. The SMILES string of the molecule is C=C1OB(c2ccc3c(c2)c2nc4ccccc4cc2c2nc4ccccc4n32)OC1(C)C. The Balaban J connectivity index is 1.63. The molecule has 4 heterocycles. The number of fused-ring (bicyclic) bond motifs is 9. The van der Waals surface area contributed by atoms with E-state index in [1.807, 2.05) is 44.2 Å². The summed E-state index contributed by atoms with van der Waals surface area (Å²) in [7, 11) is -0.498. The van der Waals surface area contributed by atoms with Crippen LogP contribution in [0.5, 0.6) is 0 Å². The third-order valence-corrected chi connectivity index (χ3v) is 6.64. The zero-order valence-electron chi connectivity index (χ0n) is 18.4. The van der Waals surface area contributed by atoms with Crippen molar-refractivity contribution < 1.29 is 9.31 Å². The lowest BCUT2D eigenvalue weighted by Crippen LogP contribution is -2.34. The van der Waals surface area contributed by atoms with Gasteiger partial charge in [-0.1, -0.05) is 43.0 Å². The fraction of sp³-hybridized carbons (Fsp3) is 0.111. The molecule has 1 aliphatic rings. The minimum absolute atomic E-state index is 0.498. The Kier molecular flexibility index (Phi) is 3.58. The van der Waals surface area contributed by atoms with E-state index in [4.69, 9.17) is 19.3 Å². The van der Waals surface area contributed by atoms with Crippen LogP contribution in [0.25, 0.3) is 49.4 Å². The number of hydrogen-bond acceptors (Lipinski definition) is 4. The number of pyridine rings is 2. The van der Waals surface area contributed by atoms with Crippen LogP contribution in [0, 0.1) is 0 Å². The first-order valence-corrected chi connectivity index (χ1v) is 11.1. The van der Waals surface area contributed by atoms with Crippen molar-refractivity contribution in [3.63, 3.8) is 0 Å². The van der Waals surface area contributed by atoms with Gasteiger partial charge in [-0.05, 0) is 55.7 Å². The van der Waals surface area contributed by atoms with Crippen LogP contribution in [0.3, 0.4) is 0 Å². The zero-order valence-corrected chi connectivity index (χ0v) is 18.4.